The van der Waals surface area contributed by atoms with Crippen molar-refractivity contribution in [2.24, 2.45) is 5.92 Å². The number of rotatable bonds is 6. The van der Waals surface area contributed by atoms with Gasteiger partial charge in [0.2, 0.25) is 0 Å². The number of para-hydroxylation sites is 1. The Balaban J connectivity index is 1.60. The second kappa shape index (κ2) is 8.49. The number of nitrogens with zero attached hydrogens (tertiary/aromatic N) is 3. The molecule has 6 heteroatoms. The Morgan fingerprint density at radius 2 is 1.81 bits per heavy atom. The van der Waals surface area contributed by atoms with Crippen LogP contribution in [0.3, 0.4) is 0 Å². The van der Waals surface area contributed by atoms with Gasteiger partial charge in [0, 0.05) is 11.4 Å². The Labute approximate surface area is 159 Å². The topological polar surface area (TPSA) is 71.8 Å². The first-order valence-electron chi connectivity index (χ1n) is 9.16. The van der Waals surface area contributed by atoms with Gasteiger partial charge in [0.25, 0.3) is 0 Å². The lowest BCUT2D eigenvalue weighted by molar-refractivity contribution is 0.262. The first kappa shape index (κ1) is 18.6. The van der Waals surface area contributed by atoms with Crippen LogP contribution in [-0.4, -0.2) is 21.0 Å². The van der Waals surface area contributed by atoms with E-state index in [0.717, 1.165) is 35.5 Å². The molecule has 3 aromatic rings. The number of amides is 2. The molecule has 0 unspecified atom stereocenters. The third kappa shape index (κ3) is 5.17. The van der Waals surface area contributed by atoms with Gasteiger partial charge in [-0.3, -0.25) is 0 Å². The predicted molar refractivity (Wildman–Crippen MR) is 108 cm³/mol. The third-order valence-electron chi connectivity index (χ3n) is 4.30. The number of anilines is 2. The maximum Gasteiger partial charge on any atom is 0.323 e. The monoisotopic (exact) mass is 363 g/mol. The van der Waals surface area contributed by atoms with E-state index in [-0.39, 0.29) is 6.03 Å². The molecule has 1 aromatic heterocycles. The van der Waals surface area contributed by atoms with Crippen LogP contribution in [0.15, 0.2) is 54.7 Å². The van der Waals surface area contributed by atoms with Gasteiger partial charge in [-0.25, -0.2) is 9.48 Å². The molecule has 3 rings (SSSR count). The van der Waals surface area contributed by atoms with Gasteiger partial charge in [0.15, 0.2) is 0 Å². The first-order chi connectivity index (χ1) is 13.0. The number of hydrogen-bond acceptors (Lipinski definition) is 3. The molecule has 2 N–H and O–H groups in total. The molecule has 0 aliphatic heterocycles. The highest BCUT2D eigenvalue weighted by molar-refractivity contribution is 6.00. The minimum Gasteiger partial charge on any atom is -0.308 e. The van der Waals surface area contributed by atoms with Crippen molar-refractivity contribution in [3.63, 3.8) is 0 Å². The van der Waals surface area contributed by atoms with E-state index in [1.807, 2.05) is 61.7 Å². The van der Waals surface area contributed by atoms with Crippen LogP contribution >= 0.6 is 0 Å². The summed E-state index contributed by atoms with van der Waals surface area (Å²) in [4.78, 5) is 12.2. The molecule has 1 heterocycles. The van der Waals surface area contributed by atoms with E-state index in [0.29, 0.717) is 11.6 Å². The maximum atomic E-state index is 12.2. The minimum absolute atomic E-state index is 0.270. The summed E-state index contributed by atoms with van der Waals surface area (Å²) in [5, 5.41) is 14.1. The fraction of sp³-hybridized carbons (Fsp3) is 0.286. The maximum absolute atomic E-state index is 12.2. The fourth-order valence-electron chi connectivity index (χ4n) is 2.67. The molecule has 0 bridgehead atoms. The summed E-state index contributed by atoms with van der Waals surface area (Å²) in [6.07, 6.45) is 3.98. The molecule has 0 atom stereocenters. The van der Waals surface area contributed by atoms with Crippen molar-refractivity contribution in [2.75, 3.05) is 10.6 Å². The molecule has 0 radical (unpaired) electrons. The molecule has 0 saturated heterocycles. The van der Waals surface area contributed by atoms with Crippen LogP contribution in [0.25, 0.3) is 5.69 Å². The SMILES string of the molecule is Cc1ccccc1NC(=O)Nc1ccc(-n2cc(CCC(C)C)nn2)cc1. The van der Waals surface area contributed by atoms with Crippen LogP contribution in [0, 0.1) is 12.8 Å². The lowest BCUT2D eigenvalue weighted by Crippen LogP contribution is -2.19. The normalized spacial score (nSPS) is 10.8. The van der Waals surface area contributed by atoms with Gasteiger partial charge < -0.3 is 10.6 Å². The number of urea groups is 1. The van der Waals surface area contributed by atoms with Crippen LogP contribution in [0.1, 0.15) is 31.5 Å². The fourth-order valence-corrected chi connectivity index (χ4v) is 2.67. The first-order valence-corrected chi connectivity index (χ1v) is 9.16. The summed E-state index contributed by atoms with van der Waals surface area (Å²) >= 11 is 0. The van der Waals surface area contributed by atoms with Crippen LogP contribution in [0.4, 0.5) is 16.2 Å². The van der Waals surface area contributed by atoms with Gasteiger partial charge in [-0.05, 0) is 61.6 Å². The predicted octanol–water partition coefficient (Wildman–Crippen LogP) is 4.81. The summed E-state index contributed by atoms with van der Waals surface area (Å²) < 4.78 is 1.76. The average Bonchev–Trinajstić information content (AvgIpc) is 3.11. The highest BCUT2D eigenvalue weighted by Gasteiger charge is 2.07. The van der Waals surface area contributed by atoms with Crippen molar-refractivity contribution < 1.29 is 4.79 Å². The summed E-state index contributed by atoms with van der Waals surface area (Å²) in [6.45, 7) is 6.36. The van der Waals surface area contributed by atoms with E-state index in [9.17, 15) is 4.79 Å². The second-order valence-electron chi connectivity index (χ2n) is 7.03. The van der Waals surface area contributed by atoms with Crippen molar-refractivity contribution in [3.8, 4) is 5.69 Å². The number of aryl methyl sites for hydroxylation is 2. The van der Waals surface area contributed by atoms with Gasteiger partial charge in [0.1, 0.15) is 0 Å². The number of aromatic nitrogens is 3. The van der Waals surface area contributed by atoms with Gasteiger partial charge in [-0.15, -0.1) is 5.10 Å². The van der Waals surface area contributed by atoms with Crippen LogP contribution in [0.5, 0.6) is 0 Å². The molecule has 0 saturated carbocycles. The van der Waals surface area contributed by atoms with Crippen molar-refractivity contribution in [3.05, 3.63) is 66.0 Å². The largest absolute Gasteiger partial charge is 0.323 e. The Hall–Kier alpha value is -3.15. The van der Waals surface area contributed by atoms with E-state index in [1.54, 1.807) is 4.68 Å². The lowest BCUT2D eigenvalue weighted by Gasteiger charge is -2.10. The van der Waals surface area contributed by atoms with Crippen LogP contribution < -0.4 is 10.6 Å². The molecule has 2 amide bonds. The molecule has 0 aliphatic carbocycles. The highest BCUT2D eigenvalue weighted by Crippen LogP contribution is 2.16. The Kier molecular flexibility index (Phi) is 5.86. The minimum atomic E-state index is -0.270. The summed E-state index contributed by atoms with van der Waals surface area (Å²) in [5.41, 5.74) is 4.42. The average molecular weight is 363 g/mol. The highest BCUT2D eigenvalue weighted by atomic mass is 16.2. The van der Waals surface area contributed by atoms with E-state index in [4.69, 9.17) is 0 Å². The van der Waals surface area contributed by atoms with Crippen molar-refractivity contribution >= 4 is 17.4 Å². The second-order valence-corrected chi connectivity index (χ2v) is 7.03. The number of benzene rings is 2. The molecule has 0 aliphatic rings. The van der Waals surface area contributed by atoms with E-state index in [2.05, 4.69) is 34.8 Å². The van der Waals surface area contributed by atoms with Crippen molar-refractivity contribution in [1.29, 1.82) is 0 Å². The smallest absolute Gasteiger partial charge is 0.308 e. The molecule has 27 heavy (non-hydrogen) atoms. The Morgan fingerprint density at radius 3 is 2.52 bits per heavy atom. The molecule has 6 nitrogen and oxygen atoms in total. The Bertz CT molecular complexity index is 899. The van der Waals surface area contributed by atoms with Gasteiger partial charge >= 0.3 is 6.03 Å². The van der Waals surface area contributed by atoms with Gasteiger partial charge in [-0.1, -0.05) is 37.3 Å². The molecule has 0 spiro atoms. The summed E-state index contributed by atoms with van der Waals surface area (Å²) in [6, 6.07) is 14.9. The number of hydrogen-bond donors (Lipinski definition) is 2. The quantitative estimate of drug-likeness (QED) is 0.660. The molecule has 2 aromatic carbocycles. The number of nitrogens with one attached hydrogen (secondary N) is 2. The zero-order chi connectivity index (χ0) is 19.2. The van der Waals surface area contributed by atoms with E-state index in [1.165, 1.54) is 0 Å². The standard InChI is InChI=1S/C21H25N5O/c1-15(2)8-9-18-14-26(25-24-18)19-12-10-17(11-13-19)22-21(27)23-20-7-5-4-6-16(20)3/h4-7,10-15H,8-9H2,1-3H3,(H2,22,23,27). The number of carbonyl (C=O) groups is 1. The zero-order valence-electron chi connectivity index (χ0n) is 15.9. The van der Waals surface area contributed by atoms with Crippen LogP contribution in [0.2, 0.25) is 0 Å². The molecule has 140 valence electrons. The Morgan fingerprint density at radius 1 is 1.07 bits per heavy atom. The molecule has 0 fully saturated rings. The molecular weight excluding hydrogens is 338 g/mol. The summed E-state index contributed by atoms with van der Waals surface area (Å²) in [7, 11) is 0. The molecular formula is C21H25N5O. The van der Waals surface area contributed by atoms with E-state index >= 15 is 0 Å². The van der Waals surface area contributed by atoms with Gasteiger partial charge in [0.05, 0.1) is 17.6 Å². The third-order valence-corrected chi connectivity index (χ3v) is 4.30. The van der Waals surface area contributed by atoms with Gasteiger partial charge in [-0.2, -0.15) is 0 Å². The van der Waals surface area contributed by atoms with E-state index < -0.39 is 0 Å². The number of carbonyl (C=O) groups excluding carboxylic acids is 1. The van der Waals surface area contributed by atoms with Crippen molar-refractivity contribution in [1.82, 2.24) is 15.0 Å². The van der Waals surface area contributed by atoms with Crippen LogP contribution in [-0.2, 0) is 6.42 Å². The van der Waals surface area contributed by atoms with Crippen molar-refractivity contribution in [2.45, 2.75) is 33.6 Å². The zero-order valence-corrected chi connectivity index (χ0v) is 15.9. The lowest BCUT2D eigenvalue weighted by atomic mass is 10.1. The summed E-state index contributed by atoms with van der Waals surface area (Å²) in [5.74, 6) is 0.645.